The Bertz CT molecular complexity index is 890. The molecule has 162 valence electrons. The molecule has 1 aromatic carbocycles. The zero-order valence-electron chi connectivity index (χ0n) is 17.5. The van der Waals surface area contributed by atoms with Gasteiger partial charge in [-0.1, -0.05) is 12.1 Å². The number of aliphatic imine (C=N–C) groups is 1. The number of guanidine groups is 1. The molecule has 2 aromatic rings. The Kier molecular flexibility index (Phi) is 10.5. The highest BCUT2D eigenvalue weighted by molar-refractivity contribution is 14.0. The van der Waals surface area contributed by atoms with Crippen molar-refractivity contribution in [2.45, 2.75) is 38.6 Å². The summed E-state index contributed by atoms with van der Waals surface area (Å²) in [5.74, 6) is 0.734. The van der Waals surface area contributed by atoms with Gasteiger partial charge in [-0.05, 0) is 38.5 Å². The average molecular weight is 552 g/mol. The van der Waals surface area contributed by atoms with E-state index >= 15 is 0 Å². The number of nitrogens with zero attached hydrogens (tertiary/aromatic N) is 3. The van der Waals surface area contributed by atoms with Crippen molar-refractivity contribution in [3.05, 3.63) is 45.4 Å². The van der Waals surface area contributed by atoms with E-state index < -0.39 is 10.0 Å². The largest absolute Gasteiger partial charge is 0.357 e. The first-order valence-electron chi connectivity index (χ1n) is 9.20. The number of sulfonamides is 1. The van der Waals surface area contributed by atoms with Gasteiger partial charge in [0.25, 0.3) is 0 Å². The van der Waals surface area contributed by atoms with Crippen LogP contribution >= 0.6 is 35.3 Å². The van der Waals surface area contributed by atoms with Gasteiger partial charge in [0.2, 0.25) is 10.0 Å². The van der Waals surface area contributed by atoms with Crippen LogP contribution in [0.5, 0.6) is 0 Å². The molecule has 0 radical (unpaired) electrons. The highest BCUT2D eigenvalue weighted by Gasteiger charge is 2.16. The second-order valence-electron chi connectivity index (χ2n) is 6.55. The average Bonchev–Trinajstić information content (AvgIpc) is 2.97. The molecule has 0 spiro atoms. The monoisotopic (exact) mass is 551 g/mol. The molecule has 0 bridgehead atoms. The molecule has 7 nitrogen and oxygen atoms in total. The minimum Gasteiger partial charge on any atom is -0.357 e. The summed E-state index contributed by atoms with van der Waals surface area (Å²) in [5.41, 5.74) is 2.04. The molecule has 2 rings (SSSR count). The van der Waals surface area contributed by atoms with Crippen molar-refractivity contribution in [3.63, 3.8) is 0 Å². The molecule has 0 fully saturated rings. The zero-order valence-corrected chi connectivity index (χ0v) is 21.5. The van der Waals surface area contributed by atoms with Crippen molar-refractivity contribution in [2.24, 2.45) is 4.99 Å². The van der Waals surface area contributed by atoms with Crippen LogP contribution in [-0.2, 0) is 23.0 Å². The van der Waals surface area contributed by atoms with Crippen molar-refractivity contribution in [2.75, 3.05) is 27.2 Å². The Hall–Kier alpha value is -1.24. The molecule has 1 aromatic heterocycles. The van der Waals surface area contributed by atoms with E-state index in [1.165, 1.54) is 23.3 Å². The summed E-state index contributed by atoms with van der Waals surface area (Å²) < 4.78 is 25.5. The Labute approximate surface area is 195 Å². The van der Waals surface area contributed by atoms with Crippen LogP contribution in [0.1, 0.15) is 28.1 Å². The Balaban J connectivity index is 0.00000420. The van der Waals surface area contributed by atoms with Crippen molar-refractivity contribution in [1.29, 1.82) is 0 Å². The van der Waals surface area contributed by atoms with Gasteiger partial charge in [0.1, 0.15) is 0 Å². The third kappa shape index (κ3) is 7.50. The van der Waals surface area contributed by atoms with Gasteiger partial charge < -0.3 is 10.6 Å². The molecular weight excluding hydrogens is 521 g/mol. The number of rotatable bonds is 8. The minimum absolute atomic E-state index is 0. The van der Waals surface area contributed by atoms with Gasteiger partial charge in [-0.2, -0.15) is 0 Å². The predicted molar refractivity (Wildman–Crippen MR) is 131 cm³/mol. The van der Waals surface area contributed by atoms with Gasteiger partial charge in [-0.3, -0.25) is 0 Å². The molecule has 0 aliphatic heterocycles. The fourth-order valence-electron chi connectivity index (χ4n) is 2.42. The van der Waals surface area contributed by atoms with Crippen LogP contribution in [0, 0.1) is 13.8 Å². The lowest BCUT2D eigenvalue weighted by atomic mass is 10.2. The second-order valence-corrected chi connectivity index (χ2v) is 9.99. The van der Waals surface area contributed by atoms with Crippen molar-refractivity contribution < 1.29 is 8.42 Å². The number of halogens is 1. The van der Waals surface area contributed by atoms with E-state index in [4.69, 9.17) is 0 Å². The smallest absolute Gasteiger partial charge is 0.242 e. The van der Waals surface area contributed by atoms with Gasteiger partial charge in [-0.25, -0.2) is 22.7 Å². The summed E-state index contributed by atoms with van der Waals surface area (Å²) in [6, 6.07) is 6.83. The lowest BCUT2D eigenvalue weighted by Crippen LogP contribution is -2.38. The lowest BCUT2D eigenvalue weighted by molar-refractivity contribution is 0.520. The van der Waals surface area contributed by atoms with E-state index in [0.29, 0.717) is 6.54 Å². The van der Waals surface area contributed by atoms with Crippen LogP contribution in [0.25, 0.3) is 0 Å². The number of nitrogens with one attached hydrogen (secondary N) is 2. The summed E-state index contributed by atoms with van der Waals surface area (Å²) in [6.07, 6.45) is 0.848. The second kappa shape index (κ2) is 11.8. The summed E-state index contributed by atoms with van der Waals surface area (Å²) in [4.78, 5) is 10.7. The molecule has 0 unspecified atom stereocenters. The SMILES string of the molecule is CCNC(=NCc1ccc(S(=O)(=O)N(C)C)cc1)NCCc1nc(C)c(C)s1.I. The van der Waals surface area contributed by atoms with E-state index in [2.05, 4.69) is 27.5 Å². The van der Waals surface area contributed by atoms with E-state index in [9.17, 15) is 8.42 Å². The van der Waals surface area contributed by atoms with Crippen LogP contribution in [0.2, 0.25) is 0 Å². The standard InChI is InChI=1S/C19H29N5O2S2.HI/c1-6-20-19(21-12-11-18-23-14(2)15(3)27-18)22-13-16-7-9-17(10-8-16)28(25,26)24(4)5;/h7-10H,6,11-13H2,1-5H3,(H2,20,21,22);1H. The van der Waals surface area contributed by atoms with E-state index in [-0.39, 0.29) is 28.9 Å². The fourth-order valence-corrected chi connectivity index (χ4v) is 4.26. The molecule has 1 heterocycles. The molecule has 10 heteroatoms. The van der Waals surface area contributed by atoms with Crippen LogP contribution in [0.4, 0.5) is 0 Å². The van der Waals surface area contributed by atoms with E-state index in [0.717, 1.165) is 41.7 Å². The highest BCUT2D eigenvalue weighted by Crippen LogP contribution is 2.16. The van der Waals surface area contributed by atoms with Crippen molar-refractivity contribution in [1.82, 2.24) is 19.9 Å². The molecule has 0 aliphatic carbocycles. The van der Waals surface area contributed by atoms with Gasteiger partial charge in [0.15, 0.2) is 5.96 Å². The first kappa shape index (κ1) is 25.8. The predicted octanol–water partition coefficient (Wildman–Crippen LogP) is 2.93. The molecule has 29 heavy (non-hydrogen) atoms. The molecule has 0 amide bonds. The maximum atomic E-state index is 12.1. The van der Waals surface area contributed by atoms with Crippen molar-refractivity contribution in [3.8, 4) is 0 Å². The number of aromatic nitrogens is 1. The molecular formula is C19H30IN5O2S2. The summed E-state index contributed by atoms with van der Waals surface area (Å²) in [5, 5.41) is 7.67. The third-order valence-electron chi connectivity index (χ3n) is 4.17. The van der Waals surface area contributed by atoms with Crippen molar-refractivity contribution >= 4 is 51.3 Å². The Morgan fingerprint density at radius 2 is 1.83 bits per heavy atom. The molecule has 2 N–H and O–H groups in total. The number of benzene rings is 1. The minimum atomic E-state index is -3.41. The van der Waals surface area contributed by atoms with Gasteiger partial charge >= 0.3 is 0 Å². The van der Waals surface area contributed by atoms with E-state index in [1.54, 1.807) is 35.6 Å². The summed E-state index contributed by atoms with van der Waals surface area (Å²) >= 11 is 1.73. The lowest BCUT2D eigenvalue weighted by Gasteiger charge is -2.12. The van der Waals surface area contributed by atoms with Crippen LogP contribution < -0.4 is 10.6 Å². The topological polar surface area (TPSA) is 86.7 Å². The number of hydrogen-bond acceptors (Lipinski definition) is 5. The normalized spacial score (nSPS) is 12.0. The van der Waals surface area contributed by atoms with Gasteiger partial charge in [-0.15, -0.1) is 35.3 Å². The molecule has 0 saturated heterocycles. The summed E-state index contributed by atoms with van der Waals surface area (Å²) in [7, 11) is -0.357. The maximum absolute atomic E-state index is 12.1. The quantitative estimate of drug-likeness (QED) is 0.300. The summed E-state index contributed by atoms with van der Waals surface area (Å²) in [6.45, 7) is 8.12. The molecule has 0 aliphatic rings. The Morgan fingerprint density at radius 3 is 2.34 bits per heavy atom. The number of aryl methyl sites for hydroxylation is 2. The van der Waals surface area contributed by atoms with Gasteiger partial charge in [0.05, 0.1) is 22.1 Å². The van der Waals surface area contributed by atoms with Crippen LogP contribution in [0.3, 0.4) is 0 Å². The van der Waals surface area contributed by atoms with Gasteiger partial charge in [0, 0.05) is 38.5 Å². The number of thiazole rings is 1. The third-order valence-corrected chi connectivity index (χ3v) is 7.13. The highest BCUT2D eigenvalue weighted by atomic mass is 127. The zero-order chi connectivity index (χ0) is 20.7. The number of hydrogen-bond donors (Lipinski definition) is 2. The van der Waals surface area contributed by atoms with E-state index in [1.807, 2.05) is 13.8 Å². The molecule has 0 atom stereocenters. The first-order chi connectivity index (χ1) is 13.2. The molecule has 0 saturated carbocycles. The first-order valence-corrected chi connectivity index (χ1v) is 11.5. The fraction of sp³-hybridized carbons (Fsp3) is 0.474. The Morgan fingerprint density at radius 1 is 1.17 bits per heavy atom. The van der Waals surface area contributed by atoms with Crippen LogP contribution in [0.15, 0.2) is 34.2 Å². The van der Waals surface area contributed by atoms with Crippen LogP contribution in [-0.4, -0.2) is 50.9 Å². The maximum Gasteiger partial charge on any atom is 0.242 e.